The van der Waals surface area contributed by atoms with Gasteiger partial charge in [-0.3, -0.25) is 4.79 Å². The third kappa shape index (κ3) is 3.95. The molecular weight excluding hydrogens is 374 g/mol. The molecule has 0 radical (unpaired) electrons. The van der Waals surface area contributed by atoms with Crippen LogP contribution in [0.5, 0.6) is 0 Å². The first-order valence-electron chi connectivity index (χ1n) is 9.09. The van der Waals surface area contributed by atoms with Crippen LogP contribution in [0.4, 0.5) is 0 Å². The first-order valence-corrected chi connectivity index (χ1v) is 10.5. The van der Waals surface area contributed by atoms with Crippen LogP contribution in [0.25, 0.3) is 10.9 Å². The predicted octanol–water partition coefficient (Wildman–Crippen LogP) is 3.01. The van der Waals surface area contributed by atoms with Crippen LogP contribution >= 0.6 is 0 Å². The maximum Gasteiger partial charge on any atom is 0.251 e. The van der Waals surface area contributed by atoms with Gasteiger partial charge in [0.1, 0.15) is 0 Å². The number of hydrogen-bond donors (Lipinski definition) is 2. The number of nitrogens with one attached hydrogen (secondary N) is 2. The van der Waals surface area contributed by atoms with Gasteiger partial charge in [-0.05, 0) is 62.2 Å². The van der Waals surface area contributed by atoms with Gasteiger partial charge >= 0.3 is 0 Å². The quantitative estimate of drug-likeness (QED) is 0.668. The summed E-state index contributed by atoms with van der Waals surface area (Å²) in [5.41, 5.74) is 5.04. The smallest absolute Gasteiger partial charge is 0.251 e. The minimum atomic E-state index is -3.50. The maximum atomic E-state index is 12.4. The largest absolute Gasteiger partial charge is 0.358 e. The average Bonchev–Trinajstić information content (AvgIpc) is 2.96. The van der Waals surface area contributed by atoms with Gasteiger partial charge in [0, 0.05) is 42.8 Å². The molecule has 0 aliphatic rings. The number of carbonyl (C=O) groups excluding carboxylic acids is 1. The highest BCUT2D eigenvalue weighted by Gasteiger charge is 2.17. The fourth-order valence-corrected chi connectivity index (χ4v) is 4.11. The van der Waals surface area contributed by atoms with E-state index in [2.05, 4.69) is 35.4 Å². The molecule has 0 bridgehead atoms. The molecule has 0 saturated carbocycles. The second-order valence-electron chi connectivity index (χ2n) is 7.10. The van der Waals surface area contributed by atoms with Crippen molar-refractivity contribution in [2.24, 2.45) is 0 Å². The highest BCUT2D eigenvalue weighted by Crippen LogP contribution is 2.23. The highest BCUT2D eigenvalue weighted by molar-refractivity contribution is 7.89. The van der Waals surface area contributed by atoms with Crippen LogP contribution in [-0.4, -0.2) is 44.3 Å². The van der Waals surface area contributed by atoms with Crippen molar-refractivity contribution in [2.75, 3.05) is 20.6 Å². The lowest BCUT2D eigenvalue weighted by Gasteiger charge is -2.11. The van der Waals surface area contributed by atoms with Gasteiger partial charge in [-0.2, -0.15) is 0 Å². The van der Waals surface area contributed by atoms with E-state index in [1.165, 1.54) is 54.9 Å². The second-order valence-corrected chi connectivity index (χ2v) is 9.25. The van der Waals surface area contributed by atoms with E-state index < -0.39 is 10.0 Å². The number of H-pyrrole nitrogens is 1. The summed E-state index contributed by atoms with van der Waals surface area (Å²) in [5.74, 6) is -0.220. The average molecular weight is 400 g/mol. The zero-order valence-corrected chi connectivity index (χ0v) is 17.4. The molecule has 0 unspecified atom stereocenters. The van der Waals surface area contributed by atoms with Crippen molar-refractivity contribution in [3.8, 4) is 0 Å². The van der Waals surface area contributed by atoms with Gasteiger partial charge in [0.2, 0.25) is 10.0 Å². The summed E-state index contributed by atoms with van der Waals surface area (Å²) in [6.07, 6.45) is 0.716. The Labute approximate surface area is 165 Å². The van der Waals surface area contributed by atoms with Crippen LogP contribution in [0.2, 0.25) is 0 Å². The maximum absolute atomic E-state index is 12.4. The molecule has 0 aliphatic carbocycles. The van der Waals surface area contributed by atoms with Crippen LogP contribution in [0.15, 0.2) is 47.4 Å². The molecule has 2 aromatic carbocycles. The molecular formula is C21H25N3O3S. The van der Waals surface area contributed by atoms with E-state index in [0.29, 0.717) is 18.5 Å². The number of aryl methyl sites for hydroxylation is 2. The fraction of sp³-hybridized carbons (Fsp3) is 0.286. The Morgan fingerprint density at radius 1 is 1.07 bits per heavy atom. The first-order chi connectivity index (χ1) is 13.2. The van der Waals surface area contributed by atoms with Crippen LogP contribution in [0.3, 0.4) is 0 Å². The predicted molar refractivity (Wildman–Crippen MR) is 111 cm³/mol. The first kappa shape index (κ1) is 20.1. The van der Waals surface area contributed by atoms with Crippen molar-refractivity contribution in [3.05, 3.63) is 64.8 Å². The van der Waals surface area contributed by atoms with Crippen molar-refractivity contribution < 1.29 is 13.2 Å². The summed E-state index contributed by atoms with van der Waals surface area (Å²) in [6.45, 7) is 4.60. The number of hydrogen-bond acceptors (Lipinski definition) is 3. The second kappa shape index (κ2) is 7.77. The van der Waals surface area contributed by atoms with E-state index in [4.69, 9.17) is 0 Å². The van der Waals surface area contributed by atoms with E-state index in [1.807, 2.05) is 6.92 Å². The van der Waals surface area contributed by atoms with Crippen molar-refractivity contribution in [1.82, 2.24) is 14.6 Å². The van der Waals surface area contributed by atoms with Gasteiger partial charge in [-0.15, -0.1) is 0 Å². The van der Waals surface area contributed by atoms with Gasteiger partial charge in [0.15, 0.2) is 0 Å². The van der Waals surface area contributed by atoms with Gasteiger partial charge < -0.3 is 10.3 Å². The van der Waals surface area contributed by atoms with Gasteiger partial charge in [-0.25, -0.2) is 12.7 Å². The van der Waals surface area contributed by atoms with E-state index in [-0.39, 0.29) is 10.8 Å². The van der Waals surface area contributed by atoms with E-state index in [0.717, 1.165) is 15.5 Å². The SMILES string of the molecule is Cc1ccc2[nH]c(C)c(CCNC(=O)c3ccc(S(=O)(=O)N(C)C)cc3)c2c1. The number of aromatic nitrogens is 1. The van der Waals surface area contributed by atoms with E-state index in [9.17, 15) is 13.2 Å². The lowest BCUT2D eigenvalue weighted by atomic mass is 10.1. The summed E-state index contributed by atoms with van der Waals surface area (Å²) in [6, 6.07) is 12.3. The summed E-state index contributed by atoms with van der Waals surface area (Å²) in [5, 5.41) is 4.10. The van der Waals surface area contributed by atoms with Crippen molar-refractivity contribution in [2.45, 2.75) is 25.2 Å². The Morgan fingerprint density at radius 2 is 1.75 bits per heavy atom. The lowest BCUT2D eigenvalue weighted by Crippen LogP contribution is -2.26. The number of rotatable bonds is 6. The van der Waals surface area contributed by atoms with Crippen LogP contribution in [0.1, 0.15) is 27.2 Å². The minimum absolute atomic E-state index is 0.166. The minimum Gasteiger partial charge on any atom is -0.358 e. The van der Waals surface area contributed by atoms with Crippen LogP contribution in [0, 0.1) is 13.8 Å². The molecule has 0 spiro atoms. The van der Waals surface area contributed by atoms with Crippen LogP contribution in [-0.2, 0) is 16.4 Å². The molecule has 3 aromatic rings. The molecule has 7 heteroatoms. The molecule has 2 N–H and O–H groups in total. The van der Waals surface area contributed by atoms with Crippen LogP contribution < -0.4 is 5.32 Å². The van der Waals surface area contributed by atoms with Crippen molar-refractivity contribution in [1.29, 1.82) is 0 Å². The molecule has 0 saturated heterocycles. The third-order valence-electron chi connectivity index (χ3n) is 4.83. The van der Waals surface area contributed by atoms with Crippen molar-refractivity contribution in [3.63, 3.8) is 0 Å². The zero-order chi connectivity index (χ0) is 20.5. The standard InChI is InChI=1S/C21H25N3O3S/c1-14-5-10-20-19(13-14)18(15(2)23-20)11-12-22-21(25)16-6-8-17(9-7-16)28(26,27)24(3)4/h5-10,13,23H,11-12H2,1-4H3,(H,22,25). The normalized spacial score (nSPS) is 11.9. The molecule has 0 atom stereocenters. The molecule has 1 aromatic heterocycles. The topological polar surface area (TPSA) is 82.3 Å². The van der Waals surface area contributed by atoms with Gasteiger partial charge in [-0.1, -0.05) is 11.6 Å². The Morgan fingerprint density at radius 3 is 2.39 bits per heavy atom. The summed E-state index contributed by atoms with van der Waals surface area (Å²) in [4.78, 5) is 15.9. The highest BCUT2D eigenvalue weighted by atomic mass is 32.2. The number of benzene rings is 2. The Kier molecular flexibility index (Phi) is 5.58. The van der Waals surface area contributed by atoms with E-state index >= 15 is 0 Å². The lowest BCUT2D eigenvalue weighted by molar-refractivity contribution is 0.0954. The summed E-state index contributed by atoms with van der Waals surface area (Å²) < 4.78 is 25.3. The third-order valence-corrected chi connectivity index (χ3v) is 6.66. The Balaban J connectivity index is 1.67. The number of carbonyl (C=O) groups is 1. The molecule has 0 fully saturated rings. The molecule has 3 rings (SSSR count). The molecule has 28 heavy (non-hydrogen) atoms. The van der Waals surface area contributed by atoms with Gasteiger partial charge in [0.25, 0.3) is 5.91 Å². The number of fused-ring (bicyclic) bond motifs is 1. The molecule has 6 nitrogen and oxygen atoms in total. The fourth-order valence-electron chi connectivity index (χ4n) is 3.21. The number of nitrogens with zero attached hydrogens (tertiary/aromatic N) is 1. The molecule has 148 valence electrons. The monoisotopic (exact) mass is 399 g/mol. The van der Waals surface area contributed by atoms with E-state index in [1.54, 1.807) is 0 Å². The Bertz CT molecular complexity index is 1110. The van der Waals surface area contributed by atoms with Crippen molar-refractivity contribution >= 4 is 26.8 Å². The number of aromatic amines is 1. The molecule has 1 heterocycles. The molecule has 1 amide bonds. The Hall–Kier alpha value is -2.64. The zero-order valence-electron chi connectivity index (χ0n) is 16.5. The van der Waals surface area contributed by atoms with Gasteiger partial charge in [0.05, 0.1) is 4.90 Å². The molecule has 0 aliphatic heterocycles. The number of sulfonamides is 1. The summed E-state index contributed by atoms with van der Waals surface area (Å²) >= 11 is 0. The number of amides is 1. The summed E-state index contributed by atoms with van der Waals surface area (Å²) in [7, 11) is -0.544.